The average Bonchev–Trinajstić information content (AvgIpc) is 2.42. The molecule has 2 aromatic rings. The highest BCUT2D eigenvalue weighted by Crippen LogP contribution is 2.27. The molecule has 0 saturated carbocycles. The summed E-state index contributed by atoms with van der Waals surface area (Å²) in [5.41, 5.74) is 1.86. The van der Waals surface area contributed by atoms with Crippen LogP contribution in [0.2, 0.25) is 10.0 Å². The molecule has 0 atom stereocenters. The van der Waals surface area contributed by atoms with Gasteiger partial charge in [0.15, 0.2) is 5.82 Å². The first kappa shape index (κ1) is 14.1. The first-order valence-corrected chi connectivity index (χ1v) is 6.97. The molecule has 5 heteroatoms. The molecule has 0 radical (unpaired) electrons. The number of hydrogen-bond donors (Lipinski definition) is 1. The van der Waals surface area contributed by atoms with Crippen molar-refractivity contribution < 1.29 is 0 Å². The Morgan fingerprint density at radius 3 is 2.47 bits per heavy atom. The first-order valence-electron chi connectivity index (χ1n) is 6.21. The minimum atomic E-state index is 0.509. The van der Waals surface area contributed by atoms with Crippen LogP contribution in [0.25, 0.3) is 11.4 Å². The fourth-order valence-electron chi connectivity index (χ4n) is 1.71. The molecular formula is C14H15Cl2N3. The molecule has 100 valence electrons. The standard InChI is InChI=1S/C14H15Cl2N3/c1-3-10-8-13(17-4-2)19-14(18-10)9-5-6-11(15)12(16)7-9/h5-8H,3-4H2,1-2H3,(H,17,18,19). The van der Waals surface area contributed by atoms with Crippen LogP contribution < -0.4 is 5.32 Å². The molecule has 3 nitrogen and oxygen atoms in total. The molecular weight excluding hydrogens is 281 g/mol. The third kappa shape index (κ3) is 3.37. The Labute approximate surface area is 123 Å². The maximum Gasteiger partial charge on any atom is 0.161 e. The van der Waals surface area contributed by atoms with Crippen LogP contribution in [0.4, 0.5) is 5.82 Å². The molecule has 1 N–H and O–H groups in total. The number of hydrogen-bond acceptors (Lipinski definition) is 3. The average molecular weight is 296 g/mol. The van der Waals surface area contributed by atoms with Crippen LogP contribution in [-0.2, 0) is 6.42 Å². The van der Waals surface area contributed by atoms with Crippen molar-refractivity contribution in [2.75, 3.05) is 11.9 Å². The molecule has 0 amide bonds. The van der Waals surface area contributed by atoms with Gasteiger partial charge < -0.3 is 5.32 Å². The van der Waals surface area contributed by atoms with Crippen molar-refractivity contribution in [3.63, 3.8) is 0 Å². The van der Waals surface area contributed by atoms with Gasteiger partial charge in [0.05, 0.1) is 10.0 Å². The third-order valence-corrected chi connectivity index (χ3v) is 3.42. The lowest BCUT2D eigenvalue weighted by Gasteiger charge is -2.08. The molecule has 1 aromatic heterocycles. The van der Waals surface area contributed by atoms with Gasteiger partial charge in [-0.05, 0) is 31.5 Å². The molecule has 1 heterocycles. The van der Waals surface area contributed by atoms with Crippen molar-refractivity contribution in [1.82, 2.24) is 9.97 Å². The second kappa shape index (κ2) is 6.22. The van der Waals surface area contributed by atoms with Gasteiger partial charge in [-0.15, -0.1) is 0 Å². The van der Waals surface area contributed by atoms with Gasteiger partial charge in [0.1, 0.15) is 5.82 Å². The van der Waals surface area contributed by atoms with E-state index in [0.29, 0.717) is 15.9 Å². The molecule has 0 saturated heterocycles. The Morgan fingerprint density at radius 2 is 1.84 bits per heavy atom. The van der Waals surface area contributed by atoms with Crippen LogP contribution in [0, 0.1) is 0 Å². The van der Waals surface area contributed by atoms with Crippen LogP contribution >= 0.6 is 23.2 Å². The number of benzene rings is 1. The maximum atomic E-state index is 6.04. The summed E-state index contributed by atoms with van der Waals surface area (Å²) in [5.74, 6) is 1.49. The molecule has 0 unspecified atom stereocenters. The Balaban J connectivity index is 2.47. The van der Waals surface area contributed by atoms with Crippen molar-refractivity contribution in [3.8, 4) is 11.4 Å². The minimum Gasteiger partial charge on any atom is -0.370 e. The molecule has 0 aliphatic rings. The van der Waals surface area contributed by atoms with Crippen molar-refractivity contribution in [3.05, 3.63) is 40.0 Å². The number of aromatic nitrogens is 2. The number of anilines is 1. The molecule has 1 aromatic carbocycles. The van der Waals surface area contributed by atoms with Crippen LogP contribution in [0.15, 0.2) is 24.3 Å². The monoisotopic (exact) mass is 295 g/mol. The van der Waals surface area contributed by atoms with Crippen LogP contribution in [-0.4, -0.2) is 16.5 Å². The topological polar surface area (TPSA) is 37.8 Å². The lowest BCUT2D eigenvalue weighted by atomic mass is 10.2. The summed E-state index contributed by atoms with van der Waals surface area (Å²) in [6, 6.07) is 7.38. The predicted octanol–water partition coefficient (Wildman–Crippen LogP) is 4.44. The molecule has 0 aliphatic heterocycles. The Kier molecular flexibility index (Phi) is 4.61. The SMILES string of the molecule is CCNc1cc(CC)nc(-c2ccc(Cl)c(Cl)c2)n1. The number of rotatable bonds is 4. The second-order valence-corrected chi connectivity index (χ2v) is 4.90. The van der Waals surface area contributed by atoms with Crippen LogP contribution in [0.3, 0.4) is 0 Å². The van der Waals surface area contributed by atoms with Gasteiger partial charge in [-0.3, -0.25) is 0 Å². The van der Waals surface area contributed by atoms with Crippen molar-refractivity contribution in [2.24, 2.45) is 0 Å². The number of nitrogens with zero attached hydrogens (tertiary/aromatic N) is 2. The van der Waals surface area contributed by atoms with Crippen molar-refractivity contribution >= 4 is 29.0 Å². The van der Waals surface area contributed by atoms with Gasteiger partial charge in [-0.2, -0.15) is 0 Å². The zero-order valence-electron chi connectivity index (χ0n) is 10.9. The normalized spacial score (nSPS) is 10.5. The van der Waals surface area contributed by atoms with E-state index >= 15 is 0 Å². The number of nitrogens with one attached hydrogen (secondary N) is 1. The summed E-state index contributed by atoms with van der Waals surface area (Å²) in [5, 5.41) is 4.25. The minimum absolute atomic E-state index is 0.509. The molecule has 0 bridgehead atoms. The van der Waals surface area contributed by atoms with Gasteiger partial charge in [0.2, 0.25) is 0 Å². The zero-order chi connectivity index (χ0) is 13.8. The smallest absolute Gasteiger partial charge is 0.161 e. The van der Waals surface area contributed by atoms with E-state index in [1.54, 1.807) is 12.1 Å². The fraction of sp³-hybridized carbons (Fsp3) is 0.286. The second-order valence-electron chi connectivity index (χ2n) is 4.08. The van der Waals surface area contributed by atoms with Crippen LogP contribution in [0.1, 0.15) is 19.5 Å². The predicted molar refractivity (Wildman–Crippen MR) is 81.0 cm³/mol. The van der Waals surface area contributed by atoms with E-state index in [1.807, 2.05) is 19.1 Å². The van der Waals surface area contributed by atoms with E-state index in [4.69, 9.17) is 23.2 Å². The first-order chi connectivity index (χ1) is 9.13. The Morgan fingerprint density at radius 1 is 1.05 bits per heavy atom. The van der Waals surface area contributed by atoms with Gasteiger partial charge in [0.25, 0.3) is 0 Å². The van der Waals surface area contributed by atoms with E-state index in [9.17, 15) is 0 Å². The van der Waals surface area contributed by atoms with E-state index < -0.39 is 0 Å². The lowest BCUT2D eigenvalue weighted by molar-refractivity contribution is 0.998. The molecule has 0 fully saturated rings. The Bertz CT molecular complexity index is 585. The summed E-state index contributed by atoms with van der Waals surface area (Å²) < 4.78 is 0. The third-order valence-electron chi connectivity index (χ3n) is 2.68. The van der Waals surface area contributed by atoms with Gasteiger partial charge in [0, 0.05) is 23.9 Å². The summed E-state index contributed by atoms with van der Waals surface area (Å²) in [4.78, 5) is 9.01. The highest BCUT2D eigenvalue weighted by Gasteiger charge is 2.08. The van der Waals surface area contributed by atoms with E-state index in [1.165, 1.54) is 0 Å². The van der Waals surface area contributed by atoms with E-state index in [2.05, 4.69) is 22.2 Å². The van der Waals surface area contributed by atoms with Gasteiger partial charge in [-0.25, -0.2) is 9.97 Å². The highest BCUT2D eigenvalue weighted by molar-refractivity contribution is 6.42. The summed E-state index contributed by atoms with van der Waals surface area (Å²) in [6.45, 7) is 4.92. The van der Waals surface area contributed by atoms with E-state index in [0.717, 1.165) is 30.0 Å². The largest absolute Gasteiger partial charge is 0.370 e. The van der Waals surface area contributed by atoms with Crippen molar-refractivity contribution in [2.45, 2.75) is 20.3 Å². The van der Waals surface area contributed by atoms with Gasteiger partial charge in [-0.1, -0.05) is 30.1 Å². The van der Waals surface area contributed by atoms with E-state index in [-0.39, 0.29) is 0 Å². The summed E-state index contributed by atoms with van der Waals surface area (Å²) in [7, 11) is 0. The molecule has 0 spiro atoms. The molecule has 0 aliphatic carbocycles. The maximum absolute atomic E-state index is 6.04. The van der Waals surface area contributed by atoms with Crippen molar-refractivity contribution in [1.29, 1.82) is 0 Å². The fourth-order valence-corrected chi connectivity index (χ4v) is 2.01. The quantitative estimate of drug-likeness (QED) is 0.906. The van der Waals surface area contributed by atoms with Gasteiger partial charge >= 0.3 is 0 Å². The number of aryl methyl sites for hydroxylation is 1. The Hall–Kier alpha value is -1.32. The van der Waals surface area contributed by atoms with Crippen LogP contribution in [0.5, 0.6) is 0 Å². The molecule has 19 heavy (non-hydrogen) atoms. The number of halogens is 2. The summed E-state index contributed by atoms with van der Waals surface area (Å²) >= 11 is 12.0. The highest BCUT2D eigenvalue weighted by atomic mass is 35.5. The zero-order valence-corrected chi connectivity index (χ0v) is 12.4. The summed E-state index contributed by atoms with van der Waals surface area (Å²) in [6.07, 6.45) is 0.856. The lowest BCUT2D eigenvalue weighted by Crippen LogP contribution is -2.03. The molecule has 2 rings (SSSR count).